The minimum absolute atomic E-state index is 0.148. The summed E-state index contributed by atoms with van der Waals surface area (Å²) in [5.74, 6) is 0.131. The maximum Gasteiger partial charge on any atom is 0.308 e. The number of fused-ring (bicyclic) bond motifs is 2. The molecule has 0 heterocycles. The van der Waals surface area contributed by atoms with Crippen molar-refractivity contribution in [3.8, 4) is 0 Å². The van der Waals surface area contributed by atoms with Gasteiger partial charge in [-0.1, -0.05) is 28.1 Å². The van der Waals surface area contributed by atoms with Crippen molar-refractivity contribution in [2.45, 2.75) is 38.8 Å². The van der Waals surface area contributed by atoms with Crippen LogP contribution in [0.15, 0.2) is 22.7 Å². The van der Waals surface area contributed by atoms with Crippen molar-refractivity contribution in [2.24, 2.45) is 17.8 Å². The molecule has 3 nitrogen and oxygen atoms in total. The quantitative estimate of drug-likeness (QED) is 0.885. The standard InChI is InChI=1S/C16H20BrNO2/c1-9-6-10(2-5-13(9)17)8-18-15-12-4-3-11(7-12)14(15)16(19)20/h2,5-6,11-12,14-15,18H,3-4,7-8H2,1H3,(H,19,20). The molecule has 0 amide bonds. The molecule has 2 fully saturated rings. The molecule has 0 aliphatic heterocycles. The van der Waals surface area contributed by atoms with Crippen molar-refractivity contribution in [1.82, 2.24) is 5.32 Å². The van der Waals surface area contributed by atoms with Crippen LogP contribution in [0.4, 0.5) is 0 Å². The smallest absolute Gasteiger partial charge is 0.308 e. The number of carbonyl (C=O) groups is 1. The van der Waals surface area contributed by atoms with E-state index in [1.165, 1.54) is 17.5 Å². The van der Waals surface area contributed by atoms with Gasteiger partial charge in [0, 0.05) is 17.1 Å². The summed E-state index contributed by atoms with van der Waals surface area (Å²) in [5, 5.41) is 12.9. The summed E-state index contributed by atoms with van der Waals surface area (Å²) in [4.78, 5) is 11.5. The highest BCUT2D eigenvalue weighted by molar-refractivity contribution is 9.10. The minimum atomic E-state index is -0.623. The van der Waals surface area contributed by atoms with Crippen molar-refractivity contribution in [3.63, 3.8) is 0 Å². The summed E-state index contributed by atoms with van der Waals surface area (Å²) in [6.07, 6.45) is 3.37. The summed E-state index contributed by atoms with van der Waals surface area (Å²) in [6, 6.07) is 6.45. The van der Waals surface area contributed by atoms with Crippen LogP contribution in [0, 0.1) is 24.7 Å². The number of benzene rings is 1. The number of aliphatic carboxylic acids is 1. The second-order valence-electron chi connectivity index (χ2n) is 6.19. The van der Waals surface area contributed by atoms with Crippen molar-refractivity contribution >= 4 is 21.9 Å². The SMILES string of the molecule is Cc1cc(CNC2C3CCC(C3)C2C(=O)O)ccc1Br. The van der Waals surface area contributed by atoms with Crippen molar-refractivity contribution < 1.29 is 9.90 Å². The Bertz CT molecular complexity index is 531. The number of nitrogens with one attached hydrogen (secondary N) is 1. The van der Waals surface area contributed by atoms with Crippen LogP contribution in [-0.2, 0) is 11.3 Å². The molecule has 108 valence electrons. The Morgan fingerprint density at radius 1 is 1.40 bits per heavy atom. The number of carboxylic acid groups (broad SMARTS) is 1. The molecule has 0 aromatic heterocycles. The van der Waals surface area contributed by atoms with Gasteiger partial charge in [-0.25, -0.2) is 0 Å². The number of hydrogen-bond donors (Lipinski definition) is 2. The Morgan fingerprint density at radius 3 is 2.85 bits per heavy atom. The highest BCUT2D eigenvalue weighted by Gasteiger charge is 2.50. The normalized spacial score (nSPS) is 31.7. The summed E-state index contributed by atoms with van der Waals surface area (Å²) in [5.41, 5.74) is 2.43. The predicted octanol–water partition coefficient (Wildman–Crippen LogP) is 3.35. The van der Waals surface area contributed by atoms with Gasteiger partial charge in [0.2, 0.25) is 0 Å². The topological polar surface area (TPSA) is 49.3 Å². The van der Waals surface area contributed by atoms with Crippen LogP contribution >= 0.6 is 15.9 Å². The lowest BCUT2D eigenvalue weighted by molar-refractivity contribution is -0.144. The van der Waals surface area contributed by atoms with E-state index in [0.717, 1.165) is 23.9 Å². The lowest BCUT2D eigenvalue weighted by Crippen LogP contribution is -2.43. The summed E-state index contributed by atoms with van der Waals surface area (Å²) in [7, 11) is 0. The molecule has 2 saturated carbocycles. The fourth-order valence-corrected chi connectivity index (χ4v) is 4.24. The molecule has 4 unspecified atom stereocenters. The molecule has 2 aliphatic carbocycles. The molecule has 1 aromatic rings. The second-order valence-corrected chi connectivity index (χ2v) is 7.04. The molecule has 20 heavy (non-hydrogen) atoms. The average molecular weight is 338 g/mol. The monoisotopic (exact) mass is 337 g/mol. The van der Waals surface area contributed by atoms with Gasteiger partial charge in [-0.2, -0.15) is 0 Å². The molecule has 2 aliphatic rings. The molecule has 2 bridgehead atoms. The van der Waals surface area contributed by atoms with Crippen LogP contribution in [0.1, 0.15) is 30.4 Å². The van der Waals surface area contributed by atoms with Gasteiger partial charge in [0.15, 0.2) is 0 Å². The maximum absolute atomic E-state index is 11.5. The Balaban J connectivity index is 1.68. The second kappa shape index (κ2) is 5.49. The van der Waals surface area contributed by atoms with E-state index in [-0.39, 0.29) is 12.0 Å². The van der Waals surface area contributed by atoms with E-state index in [4.69, 9.17) is 0 Å². The lowest BCUT2D eigenvalue weighted by atomic mass is 9.84. The van der Waals surface area contributed by atoms with Crippen LogP contribution in [0.25, 0.3) is 0 Å². The summed E-state index contributed by atoms with van der Waals surface area (Å²) in [6.45, 7) is 2.83. The Hall–Kier alpha value is -0.870. The third kappa shape index (κ3) is 2.51. The van der Waals surface area contributed by atoms with Crippen LogP contribution in [-0.4, -0.2) is 17.1 Å². The number of rotatable bonds is 4. The Labute approximate surface area is 127 Å². The van der Waals surface area contributed by atoms with Crippen molar-refractivity contribution in [3.05, 3.63) is 33.8 Å². The highest BCUT2D eigenvalue weighted by atomic mass is 79.9. The zero-order chi connectivity index (χ0) is 14.3. The predicted molar refractivity (Wildman–Crippen MR) is 81.5 cm³/mol. The zero-order valence-corrected chi connectivity index (χ0v) is 13.2. The molecule has 0 saturated heterocycles. The largest absolute Gasteiger partial charge is 0.481 e. The first kappa shape index (κ1) is 14.1. The van der Waals surface area contributed by atoms with E-state index in [2.05, 4.69) is 46.4 Å². The molecule has 4 atom stereocenters. The Kier molecular flexibility index (Phi) is 3.87. The van der Waals surface area contributed by atoms with Gasteiger partial charge in [0.25, 0.3) is 0 Å². The van der Waals surface area contributed by atoms with E-state index in [1.54, 1.807) is 0 Å². The fourth-order valence-electron chi connectivity index (χ4n) is 3.99. The molecule has 0 spiro atoms. The van der Waals surface area contributed by atoms with Gasteiger partial charge in [0.1, 0.15) is 0 Å². The van der Waals surface area contributed by atoms with E-state index >= 15 is 0 Å². The lowest BCUT2D eigenvalue weighted by Gasteiger charge is -2.29. The third-order valence-corrected chi connectivity index (χ3v) is 5.86. The van der Waals surface area contributed by atoms with E-state index in [1.807, 2.05) is 0 Å². The average Bonchev–Trinajstić information content (AvgIpc) is 3.00. The summed E-state index contributed by atoms with van der Waals surface area (Å²) < 4.78 is 1.12. The fraction of sp³-hybridized carbons (Fsp3) is 0.562. The van der Waals surface area contributed by atoms with Gasteiger partial charge in [-0.15, -0.1) is 0 Å². The van der Waals surface area contributed by atoms with Gasteiger partial charge in [0.05, 0.1) is 5.92 Å². The third-order valence-electron chi connectivity index (χ3n) is 4.97. The summed E-state index contributed by atoms with van der Waals surface area (Å²) >= 11 is 3.50. The maximum atomic E-state index is 11.5. The van der Waals surface area contributed by atoms with Crippen LogP contribution in [0.5, 0.6) is 0 Å². The molecule has 1 aromatic carbocycles. The van der Waals surface area contributed by atoms with Gasteiger partial charge in [-0.05, 0) is 55.2 Å². The number of hydrogen-bond acceptors (Lipinski definition) is 2. The van der Waals surface area contributed by atoms with Crippen LogP contribution < -0.4 is 5.32 Å². The number of aryl methyl sites for hydroxylation is 1. The van der Waals surface area contributed by atoms with Gasteiger partial charge >= 0.3 is 5.97 Å². The van der Waals surface area contributed by atoms with E-state index < -0.39 is 5.97 Å². The van der Waals surface area contributed by atoms with E-state index in [9.17, 15) is 9.90 Å². The first-order chi connectivity index (χ1) is 9.56. The first-order valence-electron chi connectivity index (χ1n) is 7.27. The molecule has 2 N–H and O–H groups in total. The molecule has 0 radical (unpaired) electrons. The molecule has 4 heteroatoms. The first-order valence-corrected chi connectivity index (χ1v) is 8.07. The van der Waals surface area contributed by atoms with Gasteiger partial charge < -0.3 is 10.4 Å². The highest BCUT2D eigenvalue weighted by Crippen LogP contribution is 2.48. The van der Waals surface area contributed by atoms with Crippen molar-refractivity contribution in [1.29, 1.82) is 0 Å². The van der Waals surface area contributed by atoms with Crippen molar-refractivity contribution in [2.75, 3.05) is 0 Å². The van der Waals surface area contributed by atoms with Crippen LogP contribution in [0.2, 0.25) is 0 Å². The van der Waals surface area contributed by atoms with Crippen LogP contribution in [0.3, 0.4) is 0 Å². The minimum Gasteiger partial charge on any atom is -0.481 e. The number of carboxylic acids is 1. The molecular formula is C16H20BrNO2. The zero-order valence-electron chi connectivity index (χ0n) is 11.6. The number of halogens is 1. The van der Waals surface area contributed by atoms with Gasteiger partial charge in [-0.3, -0.25) is 4.79 Å². The van der Waals surface area contributed by atoms with E-state index in [0.29, 0.717) is 11.8 Å². The molecule has 3 rings (SSSR count). The Morgan fingerprint density at radius 2 is 2.15 bits per heavy atom. The molecular weight excluding hydrogens is 318 g/mol.